The van der Waals surface area contributed by atoms with E-state index in [-0.39, 0.29) is 60.4 Å². The topological polar surface area (TPSA) is 105 Å². The van der Waals surface area contributed by atoms with Crippen LogP contribution in [0.3, 0.4) is 0 Å². The summed E-state index contributed by atoms with van der Waals surface area (Å²) >= 11 is 21.5. The molecule has 0 saturated heterocycles. The average molecular weight is 1200 g/mol. The molecule has 0 aromatic heterocycles. The summed E-state index contributed by atoms with van der Waals surface area (Å²) in [6, 6.07) is 0. The number of rotatable bonds is 32. The predicted octanol–water partition coefficient (Wildman–Crippen LogP) is 11.6. The maximum Gasteiger partial charge on any atom is -0.813 e. The molecule has 375 valence electrons. The van der Waals surface area contributed by atoms with Crippen molar-refractivity contribution in [3.05, 3.63) is 0 Å². The van der Waals surface area contributed by atoms with Crippen molar-refractivity contribution in [1.82, 2.24) is 0 Å². The van der Waals surface area contributed by atoms with Gasteiger partial charge in [-0.25, -0.2) is 0 Å². The molecule has 0 heterocycles. The summed E-state index contributed by atoms with van der Waals surface area (Å²) < 4.78 is 22.3. The van der Waals surface area contributed by atoms with Crippen LogP contribution in [0.25, 0.3) is 0 Å². The molecular formula is C48H95O8S5Sn2-2. The van der Waals surface area contributed by atoms with E-state index >= 15 is 0 Å². The maximum atomic E-state index is 10.6. The summed E-state index contributed by atoms with van der Waals surface area (Å²) in [6.07, 6.45) is 24.0. The normalized spacial score (nSPS) is 9.98. The molecule has 15 heteroatoms. The van der Waals surface area contributed by atoms with Gasteiger partial charge in [0.2, 0.25) is 0 Å². The fraction of sp³-hybridized carbons (Fsp3) is 0.917. The molecule has 0 atom stereocenters. The first-order valence-corrected chi connectivity index (χ1v) is 30.1. The molecule has 0 aromatic rings. The van der Waals surface area contributed by atoms with E-state index < -0.39 is 0 Å². The van der Waals surface area contributed by atoms with Crippen LogP contribution in [0.5, 0.6) is 0 Å². The molecule has 8 nitrogen and oxygen atoms in total. The van der Waals surface area contributed by atoms with Crippen molar-refractivity contribution in [3.63, 3.8) is 0 Å². The quantitative estimate of drug-likeness (QED) is 0.0160. The zero-order valence-electron chi connectivity index (χ0n) is 41.9. The molecule has 0 fully saturated rings. The van der Waals surface area contributed by atoms with Crippen LogP contribution in [-0.2, 0) is 102 Å². The van der Waals surface area contributed by atoms with E-state index in [0.29, 0.717) is 26.4 Å². The molecule has 0 bridgehead atoms. The molecule has 0 aliphatic heterocycles. The molecule has 0 aliphatic rings. The third-order valence-corrected chi connectivity index (χ3v) is 11.2. The Hall–Kier alpha value is 1.23. The first kappa shape index (κ1) is 78.4. The Balaban J connectivity index is -0.000000123. The van der Waals surface area contributed by atoms with Crippen molar-refractivity contribution < 1.29 is 38.1 Å². The smallest absolute Gasteiger partial charge is 0.813 e. The molecule has 0 amide bonds. The summed E-state index contributed by atoms with van der Waals surface area (Å²) in [5.74, 6) is 2.34. The monoisotopic (exact) mass is 1200 g/mol. The SMILES string of the molecule is CC(C)CCCCCOC(=O)C[S-].CC(C)CCCCCOC(=O)C[S-].CC(C)CCCCCOC(=O)C[S-].CC(C)CCCCCOC(=O)C[S-].CCC[CH2][Sn+3].CCC[CH2][Sn].[SH-]. The number of esters is 4. The first-order valence-electron chi connectivity index (χ1n) is 23.7. The summed E-state index contributed by atoms with van der Waals surface area (Å²) in [5.41, 5.74) is 0. The Morgan fingerprint density at radius 3 is 0.746 bits per heavy atom. The number of carbonyl (C=O) groups is 4. The van der Waals surface area contributed by atoms with Crippen molar-refractivity contribution in [2.24, 2.45) is 23.7 Å². The Morgan fingerprint density at radius 1 is 0.413 bits per heavy atom. The van der Waals surface area contributed by atoms with Gasteiger partial charge in [0.1, 0.15) is 0 Å². The fourth-order valence-electron chi connectivity index (χ4n) is 4.59. The number of hydrogen-bond acceptors (Lipinski definition) is 13. The summed E-state index contributed by atoms with van der Waals surface area (Å²) in [4.78, 5) is 42.5. The third kappa shape index (κ3) is 97.8. The first-order chi connectivity index (χ1) is 29.5. The van der Waals surface area contributed by atoms with Crippen LogP contribution in [0, 0.1) is 23.7 Å². The molecule has 0 spiro atoms. The summed E-state index contributed by atoms with van der Waals surface area (Å²) in [5, 5.41) is 0. The zero-order chi connectivity index (χ0) is 48.7. The number of ether oxygens (including phenoxy) is 4. The van der Waals surface area contributed by atoms with Gasteiger partial charge in [-0.15, -0.1) is 0 Å². The minimum absolute atomic E-state index is 0. The molecule has 0 aromatic carbocycles. The Labute approximate surface area is 446 Å². The largest absolute Gasteiger partial charge is 0.813 e. The van der Waals surface area contributed by atoms with Gasteiger partial charge in [0.05, 0.1) is 26.4 Å². The van der Waals surface area contributed by atoms with Crippen LogP contribution in [0.1, 0.15) is 198 Å². The average Bonchev–Trinajstić information content (AvgIpc) is 3.23. The molecule has 0 rings (SSSR count). The van der Waals surface area contributed by atoms with E-state index in [1.807, 2.05) is 0 Å². The third-order valence-electron chi connectivity index (χ3n) is 8.29. The van der Waals surface area contributed by atoms with Crippen molar-refractivity contribution in [2.75, 3.05) is 49.4 Å². The standard InChI is InChI=1S/4C10H20O2S.2C4H9.H2S.2Sn/c4*1-9(2)6-4-3-5-7-12-10(11)8-13;2*1-3-4-2;;;/h4*9,13H,3-8H2,1-2H3;2*1,3-4H2,2H3;1H2;;/q;;;;;;;;+3/p-5. The van der Waals surface area contributed by atoms with Gasteiger partial charge in [0.25, 0.3) is 23.9 Å². The van der Waals surface area contributed by atoms with E-state index in [1.165, 1.54) is 85.9 Å². The van der Waals surface area contributed by atoms with E-state index in [2.05, 4.69) is 120 Å². The zero-order valence-corrected chi connectivity index (χ0v) is 51.7. The van der Waals surface area contributed by atoms with E-state index in [0.717, 1.165) is 75.0 Å². The molecular weight excluding hydrogens is 1100 g/mol. The van der Waals surface area contributed by atoms with Crippen molar-refractivity contribution >= 4 is 133 Å². The number of carbonyl (C=O) groups excluding carboxylic acids is 4. The Morgan fingerprint density at radius 2 is 0.635 bits per heavy atom. The molecule has 0 N–H and O–H groups in total. The molecule has 63 heavy (non-hydrogen) atoms. The molecule has 0 saturated carbocycles. The van der Waals surface area contributed by atoms with E-state index in [1.54, 1.807) is 45.0 Å². The van der Waals surface area contributed by atoms with Gasteiger partial charge in [-0.1, -0.05) is 155 Å². The van der Waals surface area contributed by atoms with Gasteiger partial charge in [0, 0.05) is 0 Å². The Bertz CT molecular complexity index is 767. The second-order valence-corrected chi connectivity index (χ2v) is 20.6. The minimum Gasteiger partial charge on any atom is -0.813 e. The minimum atomic E-state index is -0.265. The van der Waals surface area contributed by atoms with Gasteiger partial charge < -0.3 is 83.0 Å². The van der Waals surface area contributed by atoms with Gasteiger partial charge in [0.15, 0.2) is 0 Å². The van der Waals surface area contributed by atoms with Crippen molar-refractivity contribution in [2.45, 2.75) is 207 Å². The number of hydrogen-bond donors (Lipinski definition) is 0. The predicted molar refractivity (Wildman–Crippen MR) is 286 cm³/mol. The van der Waals surface area contributed by atoms with E-state index in [4.69, 9.17) is 18.9 Å². The molecule has 0 unspecified atom stereocenters. The van der Waals surface area contributed by atoms with Crippen LogP contribution >= 0.6 is 0 Å². The molecule has 3 radical (unpaired) electrons. The second kappa shape index (κ2) is 69.8. The second-order valence-electron chi connectivity index (χ2n) is 16.6. The number of thiol groups is 1. The van der Waals surface area contributed by atoms with Crippen molar-refractivity contribution in [3.8, 4) is 0 Å². The van der Waals surface area contributed by atoms with Gasteiger partial charge in [-0.05, 0) is 49.4 Å². The van der Waals surface area contributed by atoms with Crippen LogP contribution in [0.4, 0.5) is 0 Å². The van der Waals surface area contributed by atoms with Gasteiger partial charge in [-0.2, -0.15) is 0 Å². The molecule has 0 aliphatic carbocycles. The van der Waals surface area contributed by atoms with Crippen LogP contribution in [0.2, 0.25) is 8.87 Å². The van der Waals surface area contributed by atoms with Crippen LogP contribution < -0.4 is 0 Å². The summed E-state index contributed by atoms with van der Waals surface area (Å²) in [6.45, 7) is 24.3. The maximum absolute atomic E-state index is 10.6. The van der Waals surface area contributed by atoms with Crippen LogP contribution in [-0.4, -0.2) is 118 Å². The summed E-state index contributed by atoms with van der Waals surface area (Å²) in [7, 11) is 0. The van der Waals surface area contributed by atoms with Gasteiger partial charge in [-0.3, -0.25) is 19.2 Å². The fourth-order valence-corrected chi connectivity index (χ4v) is 6.94. The van der Waals surface area contributed by atoms with Gasteiger partial charge >= 0.3 is 93.5 Å². The number of unbranched alkanes of at least 4 members (excludes halogenated alkanes) is 10. The Kier molecular flexibility index (Phi) is 86.9. The van der Waals surface area contributed by atoms with E-state index in [9.17, 15) is 19.2 Å². The van der Waals surface area contributed by atoms with Crippen LogP contribution in [0.15, 0.2) is 0 Å². The van der Waals surface area contributed by atoms with Crippen molar-refractivity contribution in [1.29, 1.82) is 0 Å².